The van der Waals surface area contributed by atoms with E-state index in [1.54, 1.807) is 0 Å². The number of anilines is 1. The zero-order chi connectivity index (χ0) is 11.1. The fourth-order valence-electron chi connectivity index (χ4n) is 2.75. The summed E-state index contributed by atoms with van der Waals surface area (Å²) in [6, 6.07) is 8.43. The molecule has 84 valence electrons. The number of carbonyl (C=O) groups excluding carboxylic acids is 1. The smallest absolute Gasteiger partial charge is 0.226 e. The monoisotopic (exact) mass is 216 g/mol. The lowest BCUT2D eigenvalue weighted by atomic mass is 9.86. The second-order valence-electron chi connectivity index (χ2n) is 4.80. The van der Waals surface area contributed by atoms with Gasteiger partial charge in [-0.05, 0) is 30.9 Å². The van der Waals surface area contributed by atoms with Crippen LogP contribution in [0.1, 0.15) is 18.4 Å². The maximum absolute atomic E-state index is 11.7. The Morgan fingerprint density at radius 1 is 1.31 bits per heavy atom. The second-order valence-corrected chi connectivity index (χ2v) is 4.80. The lowest BCUT2D eigenvalue weighted by molar-refractivity contribution is -0.128. The number of rotatable bonds is 3. The number of para-hydroxylation sites is 1. The van der Waals surface area contributed by atoms with E-state index in [1.165, 1.54) is 0 Å². The highest BCUT2D eigenvalue weighted by atomic mass is 16.2. The maximum atomic E-state index is 11.7. The van der Waals surface area contributed by atoms with Gasteiger partial charge in [0.15, 0.2) is 0 Å². The molecule has 0 aromatic heterocycles. The van der Waals surface area contributed by atoms with Gasteiger partial charge >= 0.3 is 0 Å². The average Bonchev–Trinajstić information content (AvgIpc) is 2.67. The van der Waals surface area contributed by atoms with Crippen molar-refractivity contribution in [2.75, 3.05) is 12.3 Å². The average molecular weight is 216 g/mol. The third-order valence-corrected chi connectivity index (χ3v) is 3.86. The molecule has 0 unspecified atom stereocenters. The number of carbonyl (C=O) groups is 1. The number of nitrogen functional groups attached to an aromatic ring is 1. The zero-order valence-electron chi connectivity index (χ0n) is 9.23. The fourth-order valence-corrected chi connectivity index (χ4v) is 2.75. The van der Waals surface area contributed by atoms with Gasteiger partial charge in [-0.15, -0.1) is 0 Å². The molecule has 1 aromatic carbocycles. The van der Waals surface area contributed by atoms with E-state index in [0.29, 0.717) is 17.9 Å². The number of hydrogen-bond acceptors (Lipinski definition) is 2. The Bertz CT molecular complexity index is 424. The van der Waals surface area contributed by atoms with E-state index < -0.39 is 0 Å². The number of fused-ring (bicyclic) bond motifs is 1. The summed E-state index contributed by atoms with van der Waals surface area (Å²) >= 11 is 0. The van der Waals surface area contributed by atoms with E-state index >= 15 is 0 Å². The van der Waals surface area contributed by atoms with Gasteiger partial charge in [0.2, 0.25) is 5.91 Å². The third-order valence-electron chi connectivity index (χ3n) is 3.86. The van der Waals surface area contributed by atoms with E-state index in [9.17, 15) is 4.79 Å². The minimum Gasteiger partial charge on any atom is -0.399 e. The molecule has 0 atom stereocenters. The maximum Gasteiger partial charge on any atom is 0.226 e. The van der Waals surface area contributed by atoms with Crippen LogP contribution in [0.25, 0.3) is 0 Å². The Kier molecular flexibility index (Phi) is 2.13. The highest BCUT2D eigenvalue weighted by Gasteiger charge is 2.49. The molecule has 1 amide bonds. The first kappa shape index (κ1) is 9.70. The number of nitrogens with zero attached hydrogens (tertiary/aromatic N) is 1. The molecule has 3 heteroatoms. The molecule has 0 radical (unpaired) electrons. The number of amides is 1. The Balaban J connectivity index is 1.65. The standard InChI is InChI=1S/C13H16N2O/c14-12-4-2-1-3-9(12)5-6-15-11-7-10(8-11)13(15)16/h1-4,10-11H,5-8,14H2. The molecule has 2 aliphatic heterocycles. The van der Waals surface area contributed by atoms with Gasteiger partial charge in [0.1, 0.15) is 0 Å². The van der Waals surface area contributed by atoms with Crippen molar-refractivity contribution in [1.82, 2.24) is 4.90 Å². The number of benzene rings is 1. The predicted octanol–water partition coefficient (Wildman–Crippen LogP) is 1.43. The van der Waals surface area contributed by atoms with Crippen LogP contribution < -0.4 is 5.73 Å². The SMILES string of the molecule is Nc1ccccc1CCN1C(=O)C2CC1C2. The molecule has 0 spiro atoms. The Labute approximate surface area is 95.2 Å². The molecule has 2 bridgehead atoms. The summed E-state index contributed by atoms with van der Waals surface area (Å²) in [5.41, 5.74) is 7.87. The van der Waals surface area contributed by atoms with Crippen molar-refractivity contribution in [2.45, 2.75) is 25.3 Å². The molecule has 4 rings (SSSR count). The van der Waals surface area contributed by atoms with E-state index in [4.69, 9.17) is 5.73 Å². The van der Waals surface area contributed by atoms with E-state index in [0.717, 1.165) is 37.1 Å². The Morgan fingerprint density at radius 3 is 2.69 bits per heavy atom. The molecule has 2 saturated heterocycles. The summed E-state index contributed by atoms with van der Waals surface area (Å²) in [6.45, 7) is 0.828. The molecule has 1 saturated carbocycles. The van der Waals surface area contributed by atoms with Crippen LogP contribution in [0.4, 0.5) is 5.69 Å². The minimum absolute atomic E-state index is 0.345. The van der Waals surface area contributed by atoms with Gasteiger partial charge in [0, 0.05) is 24.2 Å². The Hall–Kier alpha value is -1.51. The summed E-state index contributed by atoms with van der Waals surface area (Å²) in [5.74, 6) is 0.706. The summed E-state index contributed by atoms with van der Waals surface area (Å²) in [7, 11) is 0. The fraction of sp³-hybridized carbons (Fsp3) is 0.462. The normalized spacial score (nSPS) is 27.0. The van der Waals surface area contributed by atoms with Gasteiger partial charge in [0.05, 0.1) is 0 Å². The van der Waals surface area contributed by atoms with Gasteiger partial charge in [0.25, 0.3) is 0 Å². The molecule has 3 fully saturated rings. The number of hydrogen-bond donors (Lipinski definition) is 1. The zero-order valence-corrected chi connectivity index (χ0v) is 9.23. The van der Waals surface area contributed by atoms with Crippen LogP contribution in [-0.4, -0.2) is 23.4 Å². The first-order valence-electron chi connectivity index (χ1n) is 5.89. The topological polar surface area (TPSA) is 46.3 Å². The first-order chi connectivity index (χ1) is 7.75. The Morgan fingerprint density at radius 2 is 2.06 bits per heavy atom. The van der Waals surface area contributed by atoms with Crippen LogP contribution in [0.15, 0.2) is 24.3 Å². The van der Waals surface area contributed by atoms with Gasteiger partial charge < -0.3 is 10.6 Å². The molecular weight excluding hydrogens is 200 g/mol. The van der Waals surface area contributed by atoms with Gasteiger partial charge in [-0.1, -0.05) is 18.2 Å². The van der Waals surface area contributed by atoms with Crippen molar-refractivity contribution in [2.24, 2.45) is 5.92 Å². The molecular formula is C13H16N2O. The third kappa shape index (κ3) is 1.39. The largest absolute Gasteiger partial charge is 0.399 e. The van der Waals surface area contributed by atoms with E-state index in [-0.39, 0.29) is 0 Å². The van der Waals surface area contributed by atoms with Crippen molar-refractivity contribution in [1.29, 1.82) is 0 Å². The molecule has 3 aliphatic rings. The summed E-state index contributed by atoms with van der Waals surface area (Å²) in [6.07, 6.45) is 3.05. The van der Waals surface area contributed by atoms with Crippen molar-refractivity contribution >= 4 is 11.6 Å². The molecule has 16 heavy (non-hydrogen) atoms. The van der Waals surface area contributed by atoms with Gasteiger partial charge in [-0.25, -0.2) is 0 Å². The van der Waals surface area contributed by atoms with Crippen molar-refractivity contribution in [3.63, 3.8) is 0 Å². The van der Waals surface area contributed by atoms with E-state index in [2.05, 4.69) is 0 Å². The lowest BCUT2D eigenvalue weighted by Crippen LogP contribution is -2.31. The van der Waals surface area contributed by atoms with Crippen molar-refractivity contribution < 1.29 is 4.79 Å². The summed E-state index contributed by atoms with van der Waals surface area (Å²) in [5, 5.41) is 0. The molecule has 3 nitrogen and oxygen atoms in total. The van der Waals surface area contributed by atoms with Crippen LogP contribution in [0.3, 0.4) is 0 Å². The van der Waals surface area contributed by atoms with Crippen LogP contribution in [0, 0.1) is 5.92 Å². The second kappa shape index (κ2) is 3.51. The molecule has 2 N–H and O–H groups in total. The number of nitrogens with two attached hydrogens (primary N) is 1. The highest BCUT2D eigenvalue weighted by Crippen LogP contribution is 2.41. The van der Waals surface area contributed by atoms with Crippen LogP contribution in [0.5, 0.6) is 0 Å². The molecule has 1 aromatic rings. The van der Waals surface area contributed by atoms with Crippen molar-refractivity contribution in [3.05, 3.63) is 29.8 Å². The van der Waals surface area contributed by atoms with Crippen molar-refractivity contribution in [3.8, 4) is 0 Å². The van der Waals surface area contributed by atoms with Gasteiger partial charge in [-0.2, -0.15) is 0 Å². The van der Waals surface area contributed by atoms with Gasteiger partial charge in [-0.3, -0.25) is 4.79 Å². The van der Waals surface area contributed by atoms with Crippen LogP contribution >= 0.6 is 0 Å². The molecule has 2 heterocycles. The minimum atomic E-state index is 0.345. The highest BCUT2D eigenvalue weighted by molar-refractivity contribution is 5.84. The molecule has 1 aliphatic carbocycles. The summed E-state index contributed by atoms with van der Waals surface area (Å²) < 4.78 is 0. The van der Waals surface area contributed by atoms with Crippen LogP contribution in [-0.2, 0) is 11.2 Å². The predicted molar refractivity (Wildman–Crippen MR) is 62.8 cm³/mol. The van der Waals surface area contributed by atoms with E-state index in [1.807, 2.05) is 29.2 Å². The summed E-state index contributed by atoms with van der Waals surface area (Å²) in [4.78, 5) is 13.8. The quantitative estimate of drug-likeness (QED) is 0.777. The first-order valence-corrected chi connectivity index (χ1v) is 5.89. The lowest BCUT2D eigenvalue weighted by Gasteiger charge is -2.25. The van der Waals surface area contributed by atoms with Crippen LogP contribution in [0.2, 0.25) is 0 Å².